The van der Waals surface area contributed by atoms with Crippen molar-refractivity contribution in [3.63, 3.8) is 0 Å². The van der Waals surface area contributed by atoms with Crippen molar-refractivity contribution in [1.29, 1.82) is 0 Å². The highest BCUT2D eigenvalue weighted by Gasteiger charge is 2.16. The van der Waals surface area contributed by atoms with Gasteiger partial charge in [-0.3, -0.25) is 9.48 Å². The Morgan fingerprint density at radius 2 is 1.92 bits per heavy atom. The maximum absolute atomic E-state index is 12.4. The van der Waals surface area contributed by atoms with Crippen LogP contribution in [0.3, 0.4) is 0 Å². The quantitative estimate of drug-likeness (QED) is 0.763. The minimum absolute atomic E-state index is 0.0577. The fourth-order valence-electron chi connectivity index (χ4n) is 2.85. The van der Waals surface area contributed by atoms with Gasteiger partial charge in [-0.1, -0.05) is 24.3 Å². The maximum Gasteiger partial charge on any atom is 0.255 e. The zero-order chi connectivity index (χ0) is 18.0. The number of hydrogen-bond acceptors (Lipinski definition) is 4. The summed E-state index contributed by atoms with van der Waals surface area (Å²) in [7, 11) is 1.85. The molecule has 0 radical (unpaired) electrons. The van der Waals surface area contributed by atoms with Crippen molar-refractivity contribution < 1.29 is 4.79 Å². The van der Waals surface area contributed by atoms with E-state index in [0.29, 0.717) is 12.1 Å². The van der Waals surface area contributed by atoms with Crippen molar-refractivity contribution in [1.82, 2.24) is 20.1 Å². The molecule has 0 aliphatic heterocycles. The first kappa shape index (κ1) is 17.4. The van der Waals surface area contributed by atoms with Crippen LogP contribution >= 0.6 is 11.3 Å². The fraction of sp³-hybridized carbons (Fsp3) is 0.316. The molecule has 0 saturated carbocycles. The van der Waals surface area contributed by atoms with Crippen LogP contribution in [0.15, 0.2) is 29.6 Å². The van der Waals surface area contributed by atoms with Gasteiger partial charge in [0.05, 0.1) is 22.0 Å². The van der Waals surface area contributed by atoms with Gasteiger partial charge in [-0.15, -0.1) is 11.3 Å². The van der Waals surface area contributed by atoms with E-state index in [1.165, 1.54) is 5.56 Å². The SMILES string of the molecule is Cc1nc(-c2ccc(CCNC(=O)c3c(C)nn(C)c3C)cc2)cs1. The van der Waals surface area contributed by atoms with Crippen LogP contribution in [0.1, 0.15) is 32.3 Å². The van der Waals surface area contributed by atoms with Crippen LogP contribution < -0.4 is 5.32 Å². The molecule has 0 unspecified atom stereocenters. The van der Waals surface area contributed by atoms with Crippen molar-refractivity contribution >= 4 is 17.2 Å². The van der Waals surface area contributed by atoms with Gasteiger partial charge in [-0.2, -0.15) is 5.10 Å². The van der Waals surface area contributed by atoms with Crippen molar-refractivity contribution in [2.45, 2.75) is 27.2 Å². The summed E-state index contributed by atoms with van der Waals surface area (Å²) in [5.74, 6) is -0.0577. The monoisotopic (exact) mass is 354 g/mol. The Bertz CT molecular complexity index is 893. The number of carbonyl (C=O) groups is 1. The molecule has 0 aliphatic rings. The Labute approximate surface area is 151 Å². The minimum Gasteiger partial charge on any atom is -0.352 e. The molecule has 2 aromatic heterocycles. The molecule has 6 heteroatoms. The van der Waals surface area contributed by atoms with E-state index in [0.717, 1.165) is 34.1 Å². The van der Waals surface area contributed by atoms with E-state index >= 15 is 0 Å². The third-order valence-corrected chi connectivity index (χ3v) is 5.08. The number of hydrogen-bond donors (Lipinski definition) is 1. The fourth-order valence-corrected chi connectivity index (χ4v) is 3.47. The number of aryl methyl sites for hydroxylation is 3. The third-order valence-electron chi connectivity index (χ3n) is 4.30. The molecular formula is C19H22N4OS. The topological polar surface area (TPSA) is 59.8 Å². The second-order valence-electron chi connectivity index (χ2n) is 6.12. The third kappa shape index (κ3) is 3.79. The molecule has 130 valence electrons. The van der Waals surface area contributed by atoms with Gasteiger partial charge in [0.2, 0.25) is 0 Å². The Balaban J connectivity index is 1.58. The van der Waals surface area contributed by atoms with Gasteiger partial charge in [0, 0.05) is 30.2 Å². The van der Waals surface area contributed by atoms with Gasteiger partial charge in [-0.25, -0.2) is 4.98 Å². The van der Waals surface area contributed by atoms with E-state index in [9.17, 15) is 4.79 Å². The molecule has 0 atom stereocenters. The molecule has 0 fully saturated rings. The standard InChI is InChI=1S/C19H22N4OS/c1-12-18(13(2)23(4)22-12)19(24)20-10-9-15-5-7-16(8-6-15)17-11-25-14(3)21-17/h5-8,11H,9-10H2,1-4H3,(H,20,24). The summed E-state index contributed by atoms with van der Waals surface area (Å²) in [5.41, 5.74) is 5.66. The average molecular weight is 354 g/mol. The molecule has 1 aromatic carbocycles. The van der Waals surface area contributed by atoms with E-state index in [4.69, 9.17) is 0 Å². The predicted octanol–water partition coefficient (Wildman–Crippen LogP) is 3.44. The Morgan fingerprint density at radius 3 is 2.48 bits per heavy atom. The van der Waals surface area contributed by atoms with Gasteiger partial charge in [0.25, 0.3) is 5.91 Å². The van der Waals surface area contributed by atoms with Crippen LogP contribution in [0.5, 0.6) is 0 Å². The first-order valence-corrected chi connectivity index (χ1v) is 9.13. The van der Waals surface area contributed by atoms with Crippen molar-refractivity contribution in [2.75, 3.05) is 6.54 Å². The molecule has 0 bridgehead atoms. The van der Waals surface area contributed by atoms with E-state index < -0.39 is 0 Å². The van der Waals surface area contributed by atoms with Gasteiger partial charge in [0.1, 0.15) is 0 Å². The molecule has 0 aliphatic carbocycles. The number of rotatable bonds is 5. The minimum atomic E-state index is -0.0577. The molecule has 2 heterocycles. The lowest BCUT2D eigenvalue weighted by atomic mass is 10.1. The number of amides is 1. The molecule has 0 spiro atoms. The van der Waals surface area contributed by atoms with E-state index in [1.54, 1.807) is 16.0 Å². The van der Waals surface area contributed by atoms with Gasteiger partial charge in [-0.05, 0) is 32.8 Å². The lowest BCUT2D eigenvalue weighted by molar-refractivity contribution is 0.0953. The molecule has 5 nitrogen and oxygen atoms in total. The summed E-state index contributed by atoms with van der Waals surface area (Å²) in [5, 5.41) is 10.4. The summed E-state index contributed by atoms with van der Waals surface area (Å²) in [6.45, 7) is 6.38. The van der Waals surface area contributed by atoms with Crippen molar-refractivity contribution in [3.8, 4) is 11.3 Å². The molecule has 1 amide bonds. The van der Waals surface area contributed by atoms with Crippen molar-refractivity contribution in [2.24, 2.45) is 7.05 Å². The molecule has 3 aromatic rings. The summed E-state index contributed by atoms with van der Waals surface area (Å²) < 4.78 is 1.74. The highest BCUT2D eigenvalue weighted by atomic mass is 32.1. The van der Waals surface area contributed by atoms with Crippen LogP contribution in [-0.2, 0) is 13.5 Å². The van der Waals surface area contributed by atoms with Crippen LogP contribution in [0.25, 0.3) is 11.3 Å². The normalized spacial score (nSPS) is 10.9. The predicted molar refractivity (Wildman–Crippen MR) is 101 cm³/mol. The number of carbonyl (C=O) groups excluding carboxylic acids is 1. The maximum atomic E-state index is 12.4. The average Bonchev–Trinajstić information content (AvgIpc) is 3.12. The molecule has 25 heavy (non-hydrogen) atoms. The van der Waals surface area contributed by atoms with Crippen molar-refractivity contribution in [3.05, 3.63) is 57.2 Å². The highest BCUT2D eigenvalue weighted by molar-refractivity contribution is 7.09. The van der Waals surface area contributed by atoms with Gasteiger partial charge >= 0.3 is 0 Å². The Kier molecular flexibility index (Phi) is 4.99. The zero-order valence-electron chi connectivity index (χ0n) is 15.0. The lowest BCUT2D eigenvalue weighted by Gasteiger charge is -2.06. The molecule has 0 saturated heterocycles. The first-order valence-electron chi connectivity index (χ1n) is 8.25. The van der Waals surface area contributed by atoms with Crippen LogP contribution in [0, 0.1) is 20.8 Å². The molecule has 1 N–H and O–H groups in total. The number of benzene rings is 1. The number of nitrogens with one attached hydrogen (secondary N) is 1. The smallest absolute Gasteiger partial charge is 0.255 e. The summed E-state index contributed by atoms with van der Waals surface area (Å²) >= 11 is 1.66. The Hall–Kier alpha value is -2.47. The number of thiazole rings is 1. The van der Waals surface area contributed by atoms with E-state index in [2.05, 4.69) is 45.0 Å². The van der Waals surface area contributed by atoms with Gasteiger partial charge < -0.3 is 5.32 Å². The van der Waals surface area contributed by atoms with Crippen LogP contribution in [-0.4, -0.2) is 27.2 Å². The largest absolute Gasteiger partial charge is 0.352 e. The Morgan fingerprint density at radius 1 is 1.20 bits per heavy atom. The molecule has 3 rings (SSSR count). The first-order chi connectivity index (χ1) is 12.0. The number of aromatic nitrogens is 3. The number of nitrogens with zero attached hydrogens (tertiary/aromatic N) is 3. The van der Waals surface area contributed by atoms with Crippen LogP contribution in [0.4, 0.5) is 0 Å². The zero-order valence-corrected chi connectivity index (χ0v) is 15.8. The van der Waals surface area contributed by atoms with Crippen LogP contribution in [0.2, 0.25) is 0 Å². The van der Waals surface area contributed by atoms with E-state index in [1.807, 2.05) is 27.8 Å². The summed E-state index contributed by atoms with van der Waals surface area (Å²) in [6.07, 6.45) is 0.792. The second-order valence-corrected chi connectivity index (χ2v) is 7.19. The van der Waals surface area contributed by atoms with E-state index in [-0.39, 0.29) is 5.91 Å². The summed E-state index contributed by atoms with van der Waals surface area (Å²) in [4.78, 5) is 16.9. The summed E-state index contributed by atoms with van der Waals surface area (Å²) in [6, 6.07) is 8.36. The van der Waals surface area contributed by atoms with Gasteiger partial charge in [0.15, 0.2) is 0 Å². The molecular weight excluding hydrogens is 332 g/mol. The lowest BCUT2D eigenvalue weighted by Crippen LogP contribution is -2.26. The highest BCUT2D eigenvalue weighted by Crippen LogP contribution is 2.21. The second kappa shape index (κ2) is 7.19.